The summed E-state index contributed by atoms with van der Waals surface area (Å²) in [5.41, 5.74) is 0. The molecule has 2 atom stereocenters. The Morgan fingerprint density at radius 3 is 1.34 bits per heavy atom. The van der Waals surface area contributed by atoms with Gasteiger partial charge in [0.25, 0.3) is 0 Å². The molecule has 6 nitrogen and oxygen atoms in total. The number of unbranched alkanes of at least 4 members (excludes halogenated alkanes) is 31. The van der Waals surface area contributed by atoms with Gasteiger partial charge in [-0.2, -0.15) is 0 Å². The van der Waals surface area contributed by atoms with E-state index in [1.54, 1.807) is 6.08 Å². The number of amides is 1. The molecule has 0 heterocycles. The molecule has 356 valence electrons. The molecule has 0 rings (SSSR count). The van der Waals surface area contributed by atoms with Crippen molar-refractivity contribution >= 4 is 11.9 Å². The first-order valence-corrected chi connectivity index (χ1v) is 26.4. The summed E-state index contributed by atoms with van der Waals surface area (Å²) >= 11 is 0. The third-order valence-corrected chi connectivity index (χ3v) is 11.8. The Hall–Kier alpha value is -2.18. The molecule has 0 saturated heterocycles. The predicted molar refractivity (Wildman–Crippen MR) is 264 cm³/mol. The molecule has 61 heavy (non-hydrogen) atoms. The fraction of sp³-hybridized carbons (Fsp3) is 0.818. The Morgan fingerprint density at radius 2 is 0.852 bits per heavy atom. The van der Waals surface area contributed by atoms with Gasteiger partial charge in [-0.25, -0.2) is 0 Å². The SMILES string of the molecule is CCCC/C=C\C/C=C\CCCCCCCC(=O)OCCCCCC/C=C\CCCC(=O)NC(CO)C(O)/C=C/CCCCCCCCCCCCCCCCCCCCC. The van der Waals surface area contributed by atoms with Crippen LogP contribution in [0.2, 0.25) is 0 Å². The molecule has 0 aliphatic carbocycles. The molecule has 0 spiro atoms. The number of carbonyl (C=O) groups is 2. The van der Waals surface area contributed by atoms with E-state index in [0.29, 0.717) is 19.4 Å². The topological polar surface area (TPSA) is 95.9 Å². The Kier molecular flexibility index (Phi) is 48.7. The Bertz CT molecular complexity index is 1040. The molecule has 2 unspecified atom stereocenters. The second-order valence-corrected chi connectivity index (χ2v) is 17.8. The first kappa shape index (κ1) is 58.8. The first-order valence-electron chi connectivity index (χ1n) is 26.4. The number of nitrogens with one attached hydrogen (secondary N) is 1. The quantitative estimate of drug-likeness (QED) is 0.0322. The maximum atomic E-state index is 12.4. The van der Waals surface area contributed by atoms with Crippen molar-refractivity contribution in [1.82, 2.24) is 5.32 Å². The van der Waals surface area contributed by atoms with Crippen LogP contribution in [0.15, 0.2) is 48.6 Å². The highest BCUT2D eigenvalue weighted by Gasteiger charge is 2.17. The minimum absolute atomic E-state index is 0.0530. The lowest BCUT2D eigenvalue weighted by Gasteiger charge is -2.19. The summed E-state index contributed by atoms with van der Waals surface area (Å²) in [6.45, 7) is 4.76. The van der Waals surface area contributed by atoms with Gasteiger partial charge in [-0.1, -0.05) is 223 Å². The van der Waals surface area contributed by atoms with Gasteiger partial charge >= 0.3 is 5.97 Å². The molecule has 0 bridgehead atoms. The number of allylic oxidation sites excluding steroid dienone is 7. The minimum atomic E-state index is -0.878. The molecular weight excluding hydrogens is 755 g/mol. The fourth-order valence-corrected chi connectivity index (χ4v) is 7.71. The lowest BCUT2D eigenvalue weighted by atomic mass is 10.0. The van der Waals surface area contributed by atoms with Crippen LogP contribution in [-0.2, 0) is 14.3 Å². The van der Waals surface area contributed by atoms with Crippen LogP contribution in [0.5, 0.6) is 0 Å². The third kappa shape index (κ3) is 47.1. The smallest absolute Gasteiger partial charge is 0.305 e. The minimum Gasteiger partial charge on any atom is -0.466 e. The van der Waals surface area contributed by atoms with E-state index in [1.807, 2.05) is 6.08 Å². The van der Waals surface area contributed by atoms with Crippen LogP contribution in [0.1, 0.15) is 264 Å². The van der Waals surface area contributed by atoms with Gasteiger partial charge in [0.1, 0.15) is 0 Å². The molecular formula is C55H101NO5. The predicted octanol–water partition coefficient (Wildman–Crippen LogP) is 15.8. The van der Waals surface area contributed by atoms with Gasteiger partial charge in [-0.05, 0) is 77.0 Å². The largest absolute Gasteiger partial charge is 0.466 e. The van der Waals surface area contributed by atoms with Crippen LogP contribution in [0.3, 0.4) is 0 Å². The van der Waals surface area contributed by atoms with Gasteiger partial charge in [0.2, 0.25) is 5.91 Å². The van der Waals surface area contributed by atoms with Crippen LogP contribution in [0.4, 0.5) is 0 Å². The van der Waals surface area contributed by atoms with E-state index in [-0.39, 0.29) is 18.5 Å². The molecule has 0 aliphatic rings. The zero-order valence-electron chi connectivity index (χ0n) is 40.4. The van der Waals surface area contributed by atoms with Crippen molar-refractivity contribution in [1.29, 1.82) is 0 Å². The van der Waals surface area contributed by atoms with Crippen molar-refractivity contribution in [3.8, 4) is 0 Å². The molecule has 0 radical (unpaired) electrons. The van der Waals surface area contributed by atoms with Gasteiger partial charge in [-0.3, -0.25) is 9.59 Å². The van der Waals surface area contributed by atoms with E-state index in [9.17, 15) is 19.8 Å². The maximum absolute atomic E-state index is 12.4. The highest BCUT2D eigenvalue weighted by molar-refractivity contribution is 5.76. The lowest BCUT2D eigenvalue weighted by molar-refractivity contribution is -0.143. The molecule has 0 aromatic heterocycles. The van der Waals surface area contributed by atoms with E-state index < -0.39 is 12.1 Å². The van der Waals surface area contributed by atoms with E-state index in [1.165, 1.54) is 154 Å². The summed E-state index contributed by atoms with van der Waals surface area (Å²) in [7, 11) is 0. The second kappa shape index (κ2) is 50.5. The first-order chi connectivity index (χ1) is 30.0. The van der Waals surface area contributed by atoms with Gasteiger partial charge in [0.05, 0.1) is 25.4 Å². The summed E-state index contributed by atoms with van der Waals surface area (Å²) in [5.74, 6) is -0.182. The Balaban J connectivity index is 3.59. The number of ether oxygens (including phenoxy) is 1. The van der Waals surface area contributed by atoms with E-state index in [2.05, 4.69) is 55.6 Å². The molecule has 0 saturated carbocycles. The third-order valence-electron chi connectivity index (χ3n) is 11.8. The molecule has 3 N–H and O–H groups in total. The van der Waals surface area contributed by atoms with Crippen LogP contribution in [0, 0.1) is 0 Å². The maximum Gasteiger partial charge on any atom is 0.305 e. The van der Waals surface area contributed by atoms with Crippen molar-refractivity contribution in [2.45, 2.75) is 276 Å². The summed E-state index contributed by atoms with van der Waals surface area (Å²) in [5, 5.41) is 23.1. The van der Waals surface area contributed by atoms with E-state index in [4.69, 9.17) is 4.74 Å². The number of rotatable bonds is 48. The second-order valence-electron chi connectivity index (χ2n) is 17.8. The standard InChI is InChI=1S/C55H101NO5/c1-3-5-7-9-11-13-15-17-19-20-21-22-23-24-25-26-28-31-35-39-43-47-53(58)52(51-57)56-54(59)48-44-40-36-32-30-34-38-42-46-50-61-55(60)49-45-41-37-33-29-27-18-16-14-12-10-8-6-4-2/h10,12,16,18,32,36,43,47,52-53,57-58H,3-9,11,13-15,17,19-31,33-35,37-42,44-46,48-51H2,1-2H3,(H,56,59)/b12-10-,18-16-,36-32-,47-43+. The number of carbonyl (C=O) groups excluding carboxylic acids is 2. The van der Waals surface area contributed by atoms with Gasteiger partial charge in [0.15, 0.2) is 0 Å². The highest BCUT2D eigenvalue weighted by Crippen LogP contribution is 2.16. The molecule has 0 aromatic rings. The number of hydrogen-bond acceptors (Lipinski definition) is 5. The molecule has 1 amide bonds. The summed E-state index contributed by atoms with van der Waals surface area (Å²) < 4.78 is 5.42. The van der Waals surface area contributed by atoms with Crippen LogP contribution in [0.25, 0.3) is 0 Å². The van der Waals surface area contributed by atoms with Crippen LogP contribution in [-0.4, -0.2) is 47.4 Å². The number of esters is 1. The molecule has 0 fully saturated rings. The van der Waals surface area contributed by atoms with Crippen molar-refractivity contribution in [2.24, 2.45) is 0 Å². The zero-order valence-corrected chi connectivity index (χ0v) is 40.4. The molecule has 0 aromatic carbocycles. The van der Waals surface area contributed by atoms with Crippen LogP contribution >= 0.6 is 0 Å². The van der Waals surface area contributed by atoms with Crippen molar-refractivity contribution < 1.29 is 24.5 Å². The highest BCUT2D eigenvalue weighted by atomic mass is 16.5. The normalized spacial score (nSPS) is 13.0. The summed E-state index contributed by atoms with van der Waals surface area (Å²) in [4.78, 5) is 24.4. The summed E-state index contributed by atoms with van der Waals surface area (Å²) in [6, 6.07) is -0.668. The fourth-order valence-electron chi connectivity index (χ4n) is 7.71. The van der Waals surface area contributed by atoms with Crippen molar-refractivity contribution in [2.75, 3.05) is 13.2 Å². The van der Waals surface area contributed by atoms with Gasteiger partial charge in [-0.15, -0.1) is 0 Å². The number of aliphatic hydroxyl groups is 2. The van der Waals surface area contributed by atoms with Crippen LogP contribution < -0.4 is 5.32 Å². The van der Waals surface area contributed by atoms with Crippen molar-refractivity contribution in [3.05, 3.63) is 48.6 Å². The number of hydrogen-bond donors (Lipinski definition) is 3. The molecule has 0 aliphatic heterocycles. The average Bonchev–Trinajstić information content (AvgIpc) is 3.26. The number of aliphatic hydroxyl groups excluding tert-OH is 2. The average molecular weight is 856 g/mol. The van der Waals surface area contributed by atoms with Crippen molar-refractivity contribution in [3.63, 3.8) is 0 Å². The monoisotopic (exact) mass is 856 g/mol. The van der Waals surface area contributed by atoms with Gasteiger partial charge in [0, 0.05) is 12.8 Å². The van der Waals surface area contributed by atoms with E-state index in [0.717, 1.165) is 83.5 Å². The lowest BCUT2D eigenvalue weighted by Crippen LogP contribution is -2.45. The van der Waals surface area contributed by atoms with Gasteiger partial charge < -0.3 is 20.3 Å². The van der Waals surface area contributed by atoms with E-state index >= 15 is 0 Å². The molecule has 6 heteroatoms. The Labute approximate surface area is 378 Å². The zero-order chi connectivity index (χ0) is 44.4. The summed E-state index contributed by atoms with van der Waals surface area (Å²) in [6.07, 6.45) is 62.7. The Morgan fingerprint density at radius 1 is 0.459 bits per heavy atom.